The summed E-state index contributed by atoms with van der Waals surface area (Å²) in [5, 5.41) is 2.59. The summed E-state index contributed by atoms with van der Waals surface area (Å²) in [6.45, 7) is 8.44. The lowest BCUT2D eigenvalue weighted by molar-refractivity contribution is -0.111. The van der Waals surface area contributed by atoms with Crippen molar-refractivity contribution in [3.63, 3.8) is 0 Å². The first-order valence-electron chi connectivity index (χ1n) is 7.66. The van der Waals surface area contributed by atoms with Gasteiger partial charge >= 0.3 is 0 Å². The summed E-state index contributed by atoms with van der Waals surface area (Å²) < 4.78 is 37.6. The van der Waals surface area contributed by atoms with Crippen molar-refractivity contribution in [2.24, 2.45) is 0 Å². The van der Waals surface area contributed by atoms with Gasteiger partial charge in [-0.25, -0.2) is 8.42 Å². The zero-order valence-corrected chi connectivity index (χ0v) is 14.6. The summed E-state index contributed by atoms with van der Waals surface area (Å²) in [6, 6.07) is 4.43. The minimum Gasteiger partial charge on any atom is -0.489 e. The first kappa shape index (κ1) is 18.4. The monoisotopic (exact) mass is 354 g/mol. The normalized spacial score (nSPS) is 16.0. The lowest BCUT2D eigenvalue weighted by Gasteiger charge is -2.26. The molecule has 24 heavy (non-hydrogen) atoms. The van der Waals surface area contributed by atoms with E-state index >= 15 is 0 Å². The first-order chi connectivity index (χ1) is 11.3. The predicted octanol–water partition coefficient (Wildman–Crippen LogP) is 1.62. The number of nitrogens with zero attached hydrogens (tertiary/aromatic N) is 1. The molecule has 132 valence electrons. The number of carbonyl (C=O) groups excluding carboxylic acids is 1. The van der Waals surface area contributed by atoms with Crippen LogP contribution in [0.5, 0.6) is 5.75 Å². The number of nitrogens with one attached hydrogen (secondary N) is 1. The summed E-state index contributed by atoms with van der Waals surface area (Å²) in [6.07, 6.45) is 0.994. The maximum atomic E-state index is 12.7. The zero-order valence-electron chi connectivity index (χ0n) is 13.8. The van der Waals surface area contributed by atoms with Crippen molar-refractivity contribution in [3.05, 3.63) is 30.9 Å². The Hall–Kier alpha value is -1.90. The Labute approximate surface area is 142 Å². The Bertz CT molecular complexity index is 709. The van der Waals surface area contributed by atoms with E-state index in [1.165, 1.54) is 16.4 Å². The number of ether oxygens (including phenoxy) is 2. The molecule has 8 heteroatoms. The van der Waals surface area contributed by atoms with Crippen LogP contribution in [0.1, 0.15) is 13.8 Å². The highest BCUT2D eigenvalue weighted by Gasteiger charge is 2.27. The van der Waals surface area contributed by atoms with Gasteiger partial charge in [0.05, 0.1) is 29.9 Å². The molecule has 0 aromatic heterocycles. The van der Waals surface area contributed by atoms with Crippen LogP contribution >= 0.6 is 0 Å². The van der Waals surface area contributed by atoms with E-state index in [4.69, 9.17) is 9.47 Å². The third-order valence-corrected chi connectivity index (χ3v) is 5.26. The van der Waals surface area contributed by atoms with Crippen molar-refractivity contribution in [3.8, 4) is 5.75 Å². The minimum atomic E-state index is -3.65. The van der Waals surface area contributed by atoms with Crippen LogP contribution in [0.4, 0.5) is 5.69 Å². The van der Waals surface area contributed by atoms with Crippen molar-refractivity contribution >= 4 is 21.6 Å². The Morgan fingerprint density at radius 3 is 2.62 bits per heavy atom. The van der Waals surface area contributed by atoms with Crippen molar-refractivity contribution in [2.45, 2.75) is 24.8 Å². The maximum absolute atomic E-state index is 12.7. The Balaban J connectivity index is 2.38. The van der Waals surface area contributed by atoms with Crippen LogP contribution in [-0.4, -0.2) is 51.0 Å². The fourth-order valence-corrected chi connectivity index (χ4v) is 3.68. The molecule has 0 bridgehead atoms. The molecule has 1 aromatic rings. The van der Waals surface area contributed by atoms with Gasteiger partial charge < -0.3 is 14.8 Å². The highest BCUT2D eigenvalue weighted by atomic mass is 32.2. The number of amides is 1. The number of benzene rings is 1. The Kier molecular flexibility index (Phi) is 5.98. The molecule has 0 spiro atoms. The van der Waals surface area contributed by atoms with Crippen LogP contribution in [0.25, 0.3) is 0 Å². The van der Waals surface area contributed by atoms with E-state index in [1.54, 1.807) is 6.07 Å². The molecule has 0 unspecified atom stereocenters. The van der Waals surface area contributed by atoms with Crippen LogP contribution in [0.3, 0.4) is 0 Å². The number of rotatable bonds is 6. The number of carbonyl (C=O) groups is 1. The van der Waals surface area contributed by atoms with Gasteiger partial charge in [-0.05, 0) is 38.1 Å². The lowest BCUT2D eigenvalue weighted by Crippen LogP contribution is -2.40. The minimum absolute atomic E-state index is 0.0971. The fraction of sp³-hybridized carbons (Fsp3) is 0.438. The molecule has 0 atom stereocenters. The molecule has 1 fully saturated rings. The van der Waals surface area contributed by atoms with E-state index < -0.39 is 15.9 Å². The van der Waals surface area contributed by atoms with E-state index in [-0.39, 0.29) is 11.0 Å². The SMILES string of the molecule is C=CC(=O)Nc1cc(S(=O)(=O)N2CCOCC2)ccc1OC(C)C. The van der Waals surface area contributed by atoms with E-state index in [1.807, 2.05) is 13.8 Å². The van der Waals surface area contributed by atoms with Crippen LogP contribution < -0.4 is 10.1 Å². The molecule has 1 aliphatic heterocycles. The van der Waals surface area contributed by atoms with Gasteiger partial charge in [-0.3, -0.25) is 4.79 Å². The van der Waals surface area contributed by atoms with Crippen molar-refractivity contribution in [2.75, 3.05) is 31.6 Å². The van der Waals surface area contributed by atoms with Gasteiger partial charge in [0.1, 0.15) is 5.75 Å². The average molecular weight is 354 g/mol. The first-order valence-corrected chi connectivity index (χ1v) is 9.10. The van der Waals surface area contributed by atoms with E-state index in [9.17, 15) is 13.2 Å². The molecular weight excluding hydrogens is 332 g/mol. The number of morpholine rings is 1. The van der Waals surface area contributed by atoms with E-state index in [0.717, 1.165) is 6.08 Å². The lowest BCUT2D eigenvalue weighted by atomic mass is 10.3. The van der Waals surface area contributed by atoms with Gasteiger partial charge in [-0.15, -0.1) is 0 Å². The summed E-state index contributed by atoms with van der Waals surface area (Å²) in [4.78, 5) is 11.7. The Morgan fingerprint density at radius 1 is 1.38 bits per heavy atom. The fourth-order valence-electron chi connectivity index (χ4n) is 2.24. The number of anilines is 1. The summed E-state index contributed by atoms with van der Waals surface area (Å²) in [5.74, 6) is -0.0364. The number of hydrogen-bond donors (Lipinski definition) is 1. The Morgan fingerprint density at radius 2 is 2.04 bits per heavy atom. The molecule has 1 amide bonds. The standard InChI is InChI=1S/C16H22N2O5S/c1-4-16(19)17-14-11-13(5-6-15(14)23-12(2)3)24(20,21)18-7-9-22-10-8-18/h4-6,11-12H,1,7-10H2,2-3H3,(H,17,19). The third-order valence-electron chi connectivity index (χ3n) is 3.36. The predicted molar refractivity (Wildman–Crippen MR) is 90.6 cm³/mol. The highest BCUT2D eigenvalue weighted by Crippen LogP contribution is 2.30. The smallest absolute Gasteiger partial charge is 0.247 e. The molecule has 1 heterocycles. The molecule has 1 aliphatic rings. The quantitative estimate of drug-likeness (QED) is 0.785. The molecule has 2 rings (SSSR count). The van der Waals surface area contributed by atoms with Crippen molar-refractivity contribution < 1.29 is 22.7 Å². The van der Waals surface area contributed by atoms with Gasteiger partial charge in [-0.2, -0.15) is 4.31 Å². The van der Waals surface area contributed by atoms with Crippen molar-refractivity contribution in [1.82, 2.24) is 4.31 Å². The van der Waals surface area contributed by atoms with Gasteiger partial charge in [-0.1, -0.05) is 6.58 Å². The van der Waals surface area contributed by atoms with Crippen LogP contribution in [0, 0.1) is 0 Å². The van der Waals surface area contributed by atoms with Crippen LogP contribution in [0.2, 0.25) is 0 Å². The van der Waals surface area contributed by atoms with Gasteiger partial charge in [0.15, 0.2) is 0 Å². The number of hydrogen-bond acceptors (Lipinski definition) is 5. The van der Waals surface area contributed by atoms with Gasteiger partial charge in [0, 0.05) is 13.1 Å². The molecule has 0 aliphatic carbocycles. The van der Waals surface area contributed by atoms with Crippen LogP contribution in [0.15, 0.2) is 35.7 Å². The molecule has 0 saturated carbocycles. The molecule has 1 N–H and O–H groups in total. The largest absolute Gasteiger partial charge is 0.489 e. The van der Waals surface area contributed by atoms with E-state index in [0.29, 0.717) is 37.7 Å². The molecular formula is C16H22N2O5S. The van der Waals surface area contributed by atoms with Gasteiger partial charge in [0.2, 0.25) is 15.9 Å². The second-order valence-electron chi connectivity index (χ2n) is 5.53. The highest BCUT2D eigenvalue weighted by molar-refractivity contribution is 7.89. The van der Waals surface area contributed by atoms with Crippen molar-refractivity contribution in [1.29, 1.82) is 0 Å². The maximum Gasteiger partial charge on any atom is 0.247 e. The van der Waals surface area contributed by atoms with Gasteiger partial charge in [0.25, 0.3) is 0 Å². The van der Waals surface area contributed by atoms with Crippen LogP contribution in [-0.2, 0) is 19.6 Å². The summed E-state index contributed by atoms with van der Waals surface area (Å²) in [7, 11) is -3.65. The average Bonchev–Trinajstić information content (AvgIpc) is 2.56. The molecule has 0 radical (unpaired) electrons. The topological polar surface area (TPSA) is 84.9 Å². The van der Waals surface area contributed by atoms with E-state index in [2.05, 4.69) is 11.9 Å². The molecule has 1 aromatic carbocycles. The second kappa shape index (κ2) is 7.78. The molecule has 7 nitrogen and oxygen atoms in total. The molecule has 1 saturated heterocycles. The third kappa shape index (κ3) is 4.34. The summed E-state index contributed by atoms with van der Waals surface area (Å²) >= 11 is 0. The number of sulfonamides is 1. The zero-order chi connectivity index (χ0) is 17.7. The summed E-state index contributed by atoms with van der Waals surface area (Å²) in [5.41, 5.74) is 0.294. The second-order valence-corrected chi connectivity index (χ2v) is 7.47.